The van der Waals surface area contributed by atoms with E-state index in [1.54, 1.807) is 4.90 Å². The third kappa shape index (κ3) is 12.8. The van der Waals surface area contributed by atoms with E-state index < -0.39 is 29.3 Å². The lowest BCUT2D eigenvalue weighted by Crippen LogP contribution is -2.47. The van der Waals surface area contributed by atoms with Crippen LogP contribution in [-0.4, -0.2) is 84.9 Å². The van der Waals surface area contributed by atoms with E-state index >= 15 is 0 Å². The van der Waals surface area contributed by atoms with Crippen molar-refractivity contribution in [1.29, 1.82) is 0 Å². The van der Waals surface area contributed by atoms with Gasteiger partial charge in [-0.3, -0.25) is 9.59 Å². The molecule has 2 aromatic carbocycles. The molecule has 1 saturated heterocycles. The number of esters is 1. The summed E-state index contributed by atoms with van der Waals surface area (Å²) >= 11 is 0. The number of nitrogens with one attached hydrogen (secondary N) is 3. The van der Waals surface area contributed by atoms with Crippen LogP contribution in [0, 0.1) is 18.8 Å². The number of carbonyl (C=O) groups excluding carboxylic acids is 5. The molecule has 0 spiro atoms. The smallest absolute Gasteiger partial charge is 0.410 e. The lowest BCUT2D eigenvalue weighted by molar-refractivity contribution is -0.145. The molecule has 12 heteroatoms. The number of ether oxygens (including phenoxy) is 3. The minimum atomic E-state index is -0.825. The van der Waals surface area contributed by atoms with Gasteiger partial charge in [0.15, 0.2) is 0 Å². The fraction of sp³-hybridized carbons (Fsp3) is 0.585. The predicted octanol–water partition coefficient (Wildman–Crippen LogP) is 6.32. The molecule has 0 unspecified atom stereocenters. The highest BCUT2D eigenvalue weighted by molar-refractivity contribution is 5.95. The molecule has 1 aliphatic heterocycles. The van der Waals surface area contributed by atoms with Crippen molar-refractivity contribution >= 4 is 30.0 Å². The summed E-state index contributed by atoms with van der Waals surface area (Å²) in [6.45, 7) is 14.5. The van der Waals surface area contributed by atoms with Crippen molar-refractivity contribution in [3.05, 3.63) is 59.2 Å². The molecule has 2 fully saturated rings. The molecule has 53 heavy (non-hydrogen) atoms. The Morgan fingerprint density at radius 3 is 2.02 bits per heavy atom. The van der Waals surface area contributed by atoms with E-state index in [0.717, 1.165) is 35.1 Å². The minimum absolute atomic E-state index is 0.0258. The second-order valence-corrected chi connectivity index (χ2v) is 16.3. The fourth-order valence-corrected chi connectivity index (χ4v) is 6.78. The Kier molecular flexibility index (Phi) is 13.9. The van der Waals surface area contributed by atoms with Gasteiger partial charge in [-0.25, -0.2) is 14.4 Å². The summed E-state index contributed by atoms with van der Waals surface area (Å²) in [5.74, 6) is -0.768. The number of likely N-dealkylation sites (tertiary alicyclic amines) is 1. The van der Waals surface area contributed by atoms with E-state index in [0.29, 0.717) is 50.9 Å². The number of methoxy groups -OCH3 is 1. The first-order valence-electron chi connectivity index (χ1n) is 18.7. The lowest BCUT2D eigenvalue weighted by Gasteiger charge is -2.33. The van der Waals surface area contributed by atoms with Gasteiger partial charge in [-0.2, -0.15) is 0 Å². The van der Waals surface area contributed by atoms with Crippen molar-refractivity contribution in [2.24, 2.45) is 11.8 Å². The molecule has 4 amide bonds. The number of hydrogen-bond donors (Lipinski definition) is 3. The number of amides is 4. The highest BCUT2D eigenvalue weighted by atomic mass is 16.6. The molecule has 3 N–H and O–H groups in total. The van der Waals surface area contributed by atoms with Crippen molar-refractivity contribution in [2.75, 3.05) is 26.7 Å². The van der Waals surface area contributed by atoms with E-state index in [-0.39, 0.29) is 42.2 Å². The third-order valence-electron chi connectivity index (χ3n) is 9.63. The average Bonchev–Trinajstić information content (AvgIpc) is 3.09. The topological polar surface area (TPSA) is 152 Å². The molecule has 2 aliphatic rings. The number of rotatable bonds is 10. The van der Waals surface area contributed by atoms with Gasteiger partial charge >= 0.3 is 18.2 Å². The van der Waals surface area contributed by atoms with Crippen LogP contribution >= 0.6 is 0 Å². The van der Waals surface area contributed by atoms with Crippen molar-refractivity contribution in [2.45, 2.75) is 117 Å². The molecule has 1 saturated carbocycles. The van der Waals surface area contributed by atoms with Crippen molar-refractivity contribution in [1.82, 2.24) is 20.9 Å². The van der Waals surface area contributed by atoms with Crippen LogP contribution in [-0.2, 0) is 30.2 Å². The summed E-state index contributed by atoms with van der Waals surface area (Å²) in [4.78, 5) is 65.2. The van der Waals surface area contributed by atoms with Crippen LogP contribution in [0.4, 0.5) is 9.59 Å². The lowest BCUT2D eigenvalue weighted by atomic mass is 9.81. The molecule has 2 aromatic rings. The predicted molar refractivity (Wildman–Crippen MR) is 202 cm³/mol. The highest BCUT2D eigenvalue weighted by Crippen LogP contribution is 2.29. The number of aryl methyl sites for hydroxylation is 1. The van der Waals surface area contributed by atoms with Gasteiger partial charge < -0.3 is 35.1 Å². The van der Waals surface area contributed by atoms with Crippen LogP contribution in [0.1, 0.15) is 102 Å². The first kappa shape index (κ1) is 41.2. The minimum Gasteiger partial charge on any atom is -0.467 e. The third-order valence-corrected chi connectivity index (χ3v) is 9.63. The highest BCUT2D eigenvalue weighted by Gasteiger charge is 2.31. The van der Waals surface area contributed by atoms with Gasteiger partial charge in [0.1, 0.15) is 17.2 Å². The molecular formula is C41H58N4O8. The van der Waals surface area contributed by atoms with Gasteiger partial charge in [0.2, 0.25) is 5.91 Å². The Morgan fingerprint density at radius 1 is 0.830 bits per heavy atom. The number of alkyl carbamates (subject to hydrolysis) is 1. The maximum Gasteiger partial charge on any atom is 0.410 e. The maximum absolute atomic E-state index is 13.2. The van der Waals surface area contributed by atoms with Gasteiger partial charge in [0.05, 0.1) is 7.11 Å². The standard InChI is InChI=1S/C41H58N4O8/c1-26-23-31(36(47)43-32-19-21-45(22-20-32)39(50)53-41(5,6)7)17-18-33(26)29-13-9-27(10-14-29)24-34(37(48)51-8)44-35(46)30-15-11-28(12-16-30)25-42-38(49)52-40(2,3)4/h9-10,13-14,17-18,23,28,30,32,34H,11-12,15-16,19-22,24-25H2,1-8H3,(H,42,49)(H,43,47)(H,44,46)/t28-,30-,34-/m0/s1. The largest absolute Gasteiger partial charge is 0.467 e. The SMILES string of the molecule is COC(=O)[C@H](Cc1ccc(-c2ccc(C(=O)NC3CCN(C(=O)OC(C)(C)C)CC3)cc2C)cc1)NC(=O)[C@H]1CC[C@H](CNC(=O)OC(C)(C)C)CC1. The molecule has 0 aromatic heterocycles. The Labute approximate surface area is 314 Å². The number of nitrogens with zero attached hydrogens (tertiary/aromatic N) is 1. The number of piperidine rings is 1. The zero-order valence-electron chi connectivity index (χ0n) is 32.6. The van der Waals surface area contributed by atoms with Crippen LogP contribution in [0.5, 0.6) is 0 Å². The van der Waals surface area contributed by atoms with Crippen LogP contribution in [0.2, 0.25) is 0 Å². The molecule has 0 radical (unpaired) electrons. The molecular weight excluding hydrogens is 676 g/mol. The summed E-state index contributed by atoms with van der Waals surface area (Å²) in [7, 11) is 1.31. The van der Waals surface area contributed by atoms with E-state index in [2.05, 4.69) is 16.0 Å². The zero-order chi connectivity index (χ0) is 38.9. The molecule has 1 aliphatic carbocycles. The molecule has 12 nitrogen and oxygen atoms in total. The first-order valence-corrected chi connectivity index (χ1v) is 18.7. The number of hydrogen-bond acceptors (Lipinski definition) is 8. The van der Waals surface area contributed by atoms with Crippen LogP contribution < -0.4 is 16.0 Å². The fourth-order valence-electron chi connectivity index (χ4n) is 6.78. The van der Waals surface area contributed by atoms with Gasteiger partial charge in [0.25, 0.3) is 5.91 Å². The zero-order valence-corrected chi connectivity index (χ0v) is 32.6. The summed E-state index contributed by atoms with van der Waals surface area (Å²) < 4.78 is 15.8. The van der Waals surface area contributed by atoms with Gasteiger partial charge in [0, 0.05) is 43.6 Å². The Hall–Kier alpha value is -4.61. The first-order chi connectivity index (χ1) is 24.9. The van der Waals surface area contributed by atoms with Crippen molar-refractivity contribution < 1.29 is 38.2 Å². The average molecular weight is 735 g/mol. The van der Waals surface area contributed by atoms with Crippen LogP contribution in [0.25, 0.3) is 11.1 Å². The van der Waals surface area contributed by atoms with Crippen molar-refractivity contribution in [3.8, 4) is 11.1 Å². The Bertz CT molecular complexity index is 1590. The summed E-state index contributed by atoms with van der Waals surface area (Å²) in [6, 6.07) is 12.6. The Morgan fingerprint density at radius 2 is 1.45 bits per heavy atom. The van der Waals surface area contributed by atoms with E-state index in [1.165, 1.54) is 7.11 Å². The second kappa shape index (κ2) is 17.9. The van der Waals surface area contributed by atoms with Crippen molar-refractivity contribution in [3.63, 3.8) is 0 Å². The number of carbonyl (C=O) groups is 5. The van der Waals surface area contributed by atoms with E-state index in [1.807, 2.05) is 90.9 Å². The summed E-state index contributed by atoms with van der Waals surface area (Å²) in [5, 5.41) is 8.88. The monoisotopic (exact) mass is 734 g/mol. The molecule has 4 rings (SSSR count). The Balaban J connectivity index is 1.27. The van der Waals surface area contributed by atoms with Crippen LogP contribution in [0.15, 0.2) is 42.5 Å². The summed E-state index contributed by atoms with van der Waals surface area (Å²) in [5.41, 5.74) is 3.22. The molecule has 0 bridgehead atoms. The second-order valence-electron chi connectivity index (χ2n) is 16.3. The normalized spacial score (nSPS) is 18.7. The molecule has 290 valence electrons. The molecule has 1 atom stereocenters. The van der Waals surface area contributed by atoms with Gasteiger partial charge in [-0.15, -0.1) is 0 Å². The van der Waals surface area contributed by atoms with Gasteiger partial charge in [-0.05, 0) is 127 Å². The molecule has 1 heterocycles. The summed E-state index contributed by atoms with van der Waals surface area (Å²) in [6.07, 6.45) is 3.76. The van der Waals surface area contributed by atoms with E-state index in [4.69, 9.17) is 14.2 Å². The van der Waals surface area contributed by atoms with Crippen LogP contribution in [0.3, 0.4) is 0 Å². The maximum atomic E-state index is 13.2. The van der Waals surface area contributed by atoms with Gasteiger partial charge in [-0.1, -0.05) is 30.3 Å². The number of benzene rings is 2. The van der Waals surface area contributed by atoms with E-state index in [9.17, 15) is 24.0 Å². The quantitative estimate of drug-likeness (QED) is 0.189.